The normalized spacial score (nSPS) is 11.1. The number of carbonyl (C=O) groups excluding carboxylic acids is 1. The number of halogens is 1. The molecule has 3 rings (SSSR count). The predicted molar refractivity (Wildman–Crippen MR) is 124 cm³/mol. The van der Waals surface area contributed by atoms with Gasteiger partial charge in [0.1, 0.15) is 18.9 Å². The zero-order chi connectivity index (χ0) is 22.4. The van der Waals surface area contributed by atoms with Gasteiger partial charge in [-0.1, -0.05) is 48.0 Å². The van der Waals surface area contributed by atoms with Crippen LogP contribution in [0.15, 0.2) is 72.8 Å². The predicted octanol–water partition coefficient (Wildman–Crippen LogP) is 4.63. The monoisotopic (exact) mass is 458 g/mol. The van der Waals surface area contributed by atoms with Crippen LogP contribution >= 0.6 is 11.6 Å². The Morgan fingerprint density at radius 1 is 1.03 bits per heavy atom. The maximum absolute atomic E-state index is 12.6. The second-order valence-electron chi connectivity index (χ2n) is 7.05. The quantitative estimate of drug-likeness (QED) is 0.534. The molecule has 0 aliphatic heterocycles. The summed E-state index contributed by atoms with van der Waals surface area (Å²) in [6.45, 7) is 1.83. The lowest BCUT2D eigenvalue weighted by molar-refractivity contribution is -0.114. The Balaban J connectivity index is 1.65. The van der Waals surface area contributed by atoms with E-state index in [1.165, 1.54) is 6.07 Å². The van der Waals surface area contributed by atoms with Gasteiger partial charge >= 0.3 is 0 Å². The molecule has 0 saturated carbocycles. The van der Waals surface area contributed by atoms with Crippen molar-refractivity contribution in [2.75, 3.05) is 22.4 Å². The first-order valence-electron chi connectivity index (χ1n) is 9.53. The fraction of sp³-hybridized carbons (Fsp3) is 0.174. The third kappa shape index (κ3) is 6.47. The average molecular weight is 459 g/mol. The van der Waals surface area contributed by atoms with Crippen molar-refractivity contribution >= 4 is 38.9 Å². The standard InChI is InChI=1S/C23H23ClN2O4S/c1-17-8-9-19(24)14-22(17)26(31(2,28)29)15-23(27)25-20-10-12-21(13-11-20)30-16-18-6-4-3-5-7-18/h3-14H,15-16H2,1-2H3,(H,25,27). The van der Waals surface area contributed by atoms with Gasteiger partial charge in [0, 0.05) is 10.7 Å². The molecule has 6 nitrogen and oxygen atoms in total. The first-order valence-corrected chi connectivity index (χ1v) is 11.8. The summed E-state index contributed by atoms with van der Waals surface area (Å²) in [7, 11) is -3.69. The lowest BCUT2D eigenvalue weighted by Gasteiger charge is -2.23. The van der Waals surface area contributed by atoms with Crippen LogP contribution in [0, 0.1) is 6.92 Å². The van der Waals surface area contributed by atoms with Crippen molar-refractivity contribution in [3.63, 3.8) is 0 Å². The fourth-order valence-corrected chi connectivity index (χ4v) is 4.01. The van der Waals surface area contributed by atoms with Gasteiger partial charge in [0.2, 0.25) is 15.9 Å². The molecule has 3 aromatic carbocycles. The minimum Gasteiger partial charge on any atom is -0.489 e. The van der Waals surface area contributed by atoms with Gasteiger partial charge in [-0.2, -0.15) is 0 Å². The summed E-state index contributed by atoms with van der Waals surface area (Å²) in [5.41, 5.74) is 2.66. The van der Waals surface area contributed by atoms with E-state index < -0.39 is 15.9 Å². The van der Waals surface area contributed by atoms with E-state index in [0.29, 0.717) is 34.3 Å². The summed E-state index contributed by atoms with van der Waals surface area (Å²) < 4.78 is 31.4. The lowest BCUT2D eigenvalue weighted by Crippen LogP contribution is -2.37. The highest BCUT2D eigenvalue weighted by Crippen LogP contribution is 2.26. The van der Waals surface area contributed by atoms with Gasteiger partial charge < -0.3 is 10.1 Å². The fourth-order valence-electron chi connectivity index (χ4n) is 2.94. The third-order valence-corrected chi connectivity index (χ3v) is 5.88. The van der Waals surface area contributed by atoms with Crippen LogP contribution in [-0.2, 0) is 21.4 Å². The van der Waals surface area contributed by atoms with Gasteiger partial charge in [-0.25, -0.2) is 8.42 Å². The average Bonchev–Trinajstić information content (AvgIpc) is 2.73. The minimum atomic E-state index is -3.69. The molecule has 0 aromatic heterocycles. The van der Waals surface area contributed by atoms with Crippen LogP contribution in [0.25, 0.3) is 0 Å². The summed E-state index contributed by atoms with van der Waals surface area (Å²) in [5.74, 6) is 0.192. The van der Waals surface area contributed by atoms with Crippen molar-refractivity contribution in [3.05, 3.63) is 88.9 Å². The van der Waals surface area contributed by atoms with Crippen LogP contribution in [0.3, 0.4) is 0 Å². The van der Waals surface area contributed by atoms with Crippen molar-refractivity contribution in [2.24, 2.45) is 0 Å². The lowest BCUT2D eigenvalue weighted by atomic mass is 10.2. The number of sulfonamides is 1. The first kappa shape index (κ1) is 22.7. The second kappa shape index (κ2) is 9.85. The van der Waals surface area contributed by atoms with Gasteiger partial charge in [0.05, 0.1) is 11.9 Å². The molecule has 0 fully saturated rings. The number of hydrogen-bond donors (Lipinski definition) is 1. The van der Waals surface area contributed by atoms with E-state index in [1.807, 2.05) is 30.3 Å². The Hall–Kier alpha value is -3.03. The highest BCUT2D eigenvalue weighted by Gasteiger charge is 2.22. The van der Waals surface area contributed by atoms with Crippen molar-refractivity contribution in [1.82, 2.24) is 0 Å². The molecule has 0 saturated heterocycles. The van der Waals surface area contributed by atoms with Crippen LogP contribution in [-0.4, -0.2) is 27.1 Å². The second-order valence-corrected chi connectivity index (χ2v) is 9.39. The molecular weight excluding hydrogens is 436 g/mol. The topological polar surface area (TPSA) is 75.7 Å². The summed E-state index contributed by atoms with van der Waals surface area (Å²) in [5, 5.41) is 3.11. The van der Waals surface area contributed by atoms with Crippen molar-refractivity contribution in [2.45, 2.75) is 13.5 Å². The van der Waals surface area contributed by atoms with E-state index in [-0.39, 0.29) is 6.54 Å². The molecule has 8 heteroatoms. The van der Waals surface area contributed by atoms with Gasteiger partial charge in [-0.3, -0.25) is 9.10 Å². The SMILES string of the molecule is Cc1ccc(Cl)cc1N(CC(=O)Nc1ccc(OCc2ccccc2)cc1)S(C)(=O)=O. The van der Waals surface area contributed by atoms with E-state index >= 15 is 0 Å². The van der Waals surface area contributed by atoms with Crippen LogP contribution in [0.5, 0.6) is 5.75 Å². The maximum atomic E-state index is 12.6. The maximum Gasteiger partial charge on any atom is 0.245 e. The Kier molecular flexibility index (Phi) is 7.20. The molecule has 0 atom stereocenters. The number of benzene rings is 3. The Morgan fingerprint density at radius 3 is 2.35 bits per heavy atom. The highest BCUT2D eigenvalue weighted by atomic mass is 35.5. The molecule has 1 N–H and O–H groups in total. The number of rotatable bonds is 8. The molecule has 0 aliphatic rings. The molecule has 0 spiro atoms. The number of hydrogen-bond acceptors (Lipinski definition) is 4. The molecule has 0 radical (unpaired) electrons. The van der Waals surface area contributed by atoms with Crippen molar-refractivity contribution < 1.29 is 17.9 Å². The van der Waals surface area contributed by atoms with Crippen LogP contribution in [0.4, 0.5) is 11.4 Å². The van der Waals surface area contributed by atoms with E-state index in [1.54, 1.807) is 43.3 Å². The number of aryl methyl sites for hydroxylation is 1. The summed E-state index contributed by atoms with van der Waals surface area (Å²) in [4.78, 5) is 12.6. The minimum absolute atomic E-state index is 0.369. The molecule has 0 heterocycles. The summed E-state index contributed by atoms with van der Waals surface area (Å²) >= 11 is 6.02. The molecule has 0 unspecified atom stereocenters. The molecule has 0 bridgehead atoms. The van der Waals surface area contributed by atoms with E-state index in [2.05, 4.69) is 5.32 Å². The number of nitrogens with zero attached hydrogens (tertiary/aromatic N) is 1. The number of carbonyl (C=O) groups is 1. The zero-order valence-corrected chi connectivity index (χ0v) is 18.8. The zero-order valence-electron chi connectivity index (χ0n) is 17.2. The summed E-state index contributed by atoms with van der Waals surface area (Å²) in [6, 6.07) is 21.6. The van der Waals surface area contributed by atoms with Crippen molar-refractivity contribution in [1.29, 1.82) is 0 Å². The van der Waals surface area contributed by atoms with E-state index in [4.69, 9.17) is 16.3 Å². The number of ether oxygens (including phenoxy) is 1. The van der Waals surface area contributed by atoms with Crippen LogP contribution in [0.1, 0.15) is 11.1 Å². The largest absolute Gasteiger partial charge is 0.489 e. The van der Waals surface area contributed by atoms with Gasteiger partial charge in [0.15, 0.2) is 0 Å². The van der Waals surface area contributed by atoms with Gasteiger partial charge in [0.25, 0.3) is 0 Å². The smallest absolute Gasteiger partial charge is 0.245 e. The Morgan fingerprint density at radius 2 is 1.71 bits per heavy atom. The highest BCUT2D eigenvalue weighted by molar-refractivity contribution is 7.92. The van der Waals surface area contributed by atoms with Crippen molar-refractivity contribution in [3.8, 4) is 5.75 Å². The molecule has 3 aromatic rings. The molecule has 1 amide bonds. The molecule has 31 heavy (non-hydrogen) atoms. The summed E-state index contributed by atoms with van der Waals surface area (Å²) in [6.07, 6.45) is 1.06. The van der Waals surface area contributed by atoms with Gasteiger partial charge in [-0.15, -0.1) is 0 Å². The van der Waals surface area contributed by atoms with Crippen LogP contribution < -0.4 is 14.4 Å². The van der Waals surface area contributed by atoms with Gasteiger partial charge in [-0.05, 0) is 54.4 Å². The molecule has 162 valence electrons. The van der Waals surface area contributed by atoms with E-state index in [9.17, 15) is 13.2 Å². The van der Waals surface area contributed by atoms with E-state index in [0.717, 1.165) is 16.1 Å². The number of anilines is 2. The molecule has 0 aliphatic carbocycles. The number of nitrogens with one attached hydrogen (secondary N) is 1. The Labute approximate surface area is 187 Å². The van der Waals surface area contributed by atoms with Crippen LogP contribution in [0.2, 0.25) is 5.02 Å². The Bertz CT molecular complexity index is 1150. The third-order valence-electron chi connectivity index (χ3n) is 4.51. The number of amides is 1. The first-order chi connectivity index (χ1) is 14.7. The molecular formula is C23H23ClN2O4S.